The Balaban J connectivity index is 2.62. The number of hydrogen-bond acceptors (Lipinski definition) is 5. The summed E-state index contributed by atoms with van der Waals surface area (Å²) in [4.78, 5) is 42.0. The number of nitrogens with zero attached hydrogens (tertiary/aromatic N) is 1. The van der Waals surface area contributed by atoms with Crippen LogP contribution in [0.25, 0.3) is 0 Å². The molecule has 0 spiro atoms. The van der Waals surface area contributed by atoms with Crippen LogP contribution in [-0.4, -0.2) is 51.7 Å². The molecule has 2 rings (SSSR count). The lowest BCUT2D eigenvalue weighted by Gasteiger charge is -2.44. The van der Waals surface area contributed by atoms with Crippen LogP contribution in [0, 0.1) is 13.8 Å². The predicted octanol–water partition coefficient (Wildman–Crippen LogP) is 5.54. The summed E-state index contributed by atoms with van der Waals surface area (Å²) < 4.78 is 5.30. The van der Waals surface area contributed by atoms with Crippen molar-refractivity contribution in [3.63, 3.8) is 0 Å². The Morgan fingerprint density at radius 3 is 2.21 bits per heavy atom. The van der Waals surface area contributed by atoms with Crippen LogP contribution in [0.5, 0.6) is 0 Å². The van der Waals surface area contributed by atoms with E-state index in [1.807, 2.05) is 58.9 Å². The fraction of sp³-hybridized carbons (Fsp3) is 0.483. The zero-order valence-corrected chi connectivity index (χ0v) is 24.3. The number of para-hydroxylation sites is 1. The van der Waals surface area contributed by atoms with Crippen LogP contribution in [0.2, 0.25) is 5.02 Å². The van der Waals surface area contributed by atoms with Crippen molar-refractivity contribution in [2.75, 3.05) is 11.9 Å². The second kappa shape index (κ2) is 12.6. The summed E-state index contributed by atoms with van der Waals surface area (Å²) in [5.74, 6) is -1.10. The van der Waals surface area contributed by atoms with Gasteiger partial charge in [-0.1, -0.05) is 60.5 Å². The van der Waals surface area contributed by atoms with Crippen molar-refractivity contribution in [2.45, 2.75) is 85.0 Å². The van der Waals surface area contributed by atoms with Crippen molar-refractivity contribution in [3.05, 3.63) is 64.2 Å². The Labute approximate surface area is 230 Å². The normalized spacial score (nSPS) is 13.3. The van der Waals surface area contributed by atoms with E-state index < -0.39 is 47.7 Å². The molecular formula is C29H40ClN3O5. The molecular weight excluding hydrogens is 506 g/mol. The highest BCUT2D eigenvalue weighted by Gasteiger charge is 2.43. The summed E-state index contributed by atoms with van der Waals surface area (Å²) in [5.41, 5.74) is 1.05. The molecule has 0 aliphatic heterocycles. The number of rotatable bonds is 9. The highest BCUT2D eigenvalue weighted by atomic mass is 35.5. The molecule has 2 aromatic carbocycles. The third kappa shape index (κ3) is 7.95. The monoisotopic (exact) mass is 545 g/mol. The summed E-state index contributed by atoms with van der Waals surface area (Å²) in [6, 6.07) is 10.2. The molecule has 0 fully saturated rings. The van der Waals surface area contributed by atoms with Crippen LogP contribution >= 0.6 is 11.6 Å². The lowest BCUT2D eigenvalue weighted by molar-refractivity contribution is -0.148. The zero-order chi connectivity index (χ0) is 28.8. The number of aliphatic hydroxyl groups is 1. The lowest BCUT2D eigenvalue weighted by Crippen LogP contribution is -2.59. The minimum atomic E-state index is -1.34. The van der Waals surface area contributed by atoms with Gasteiger partial charge >= 0.3 is 6.09 Å². The number of amides is 3. The quantitative estimate of drug-likeness (QED) is 0.383. The zero-order valence-electron chi connectivity index (χ0n) is 23.5. The third-order valence-electron chi connectivity index (χ3n) is 6.26. The van der Waals surface area contributed by atoms with Gasteiger partial charge in [0, 0.05) is 5.54 Å². The molecule has 0 saturated carbocycles. The van der Waals surface area contributed by atoms with Crippen molar-refractivity contribution in [1.82, 2.24) is 10.2 Å². The van der Waals surface area contributed by atoms with Gasteiger partial charge in [0.1, 0.15) is 17.7 Å². The molecule has 3 amide bonds. The van der Waals surface area contributed by atoms with Crippen molar-refractivity contribution in [3.8, 4) is 0 Å². The molecule has 9 heteroatoms. The van der Waals surface area contributed by atoms with E-state index in [0.29, 0.717) is 22.7 Å². The largest absolute Gasteiger partial charge is 0.444 e. The Kier molecular flexibility index (Phi) is 10.3. The van der Waals surface area contributed by atoms with Crippen LogP contribution in [0.1, 0.15) is 70.7 Å². The maximum Gasteiger partial charge on any atom is 0.408 e. The molecule has 0 aliphatic rings. The molecule has 2 aromatic rings. The molecule has 0 radical (unpaired) electrons. The van der Waals surface area contributed by atoms with E-state index in [1.54, 1.807) is 39.0 Å². The van der Waals surface area contributed by atoms with Gasteiger partial charge in [-0.05, 0) is 72.1 Å². The summed E-state index contributed by atoms with van der Waals surface area (Å²) in [6.07, 6.45) is -0.355. The molecule has 0 saturated heterocycles. The highest BCUT2D eigenvalue weighted by Crippen LogP contribution is 2.34. The minimum Gasteiger partial charge on any atom is -0.444 e. The summed E-state index contributed by atoms with van der Waals surface area (Å²) in [6.45, 7) is 13.7. The summed E-state index contributed by atoms with van der Waals surface area (Å²) >= 11 is 6.40. The summed E-state index contributed by atoms with van der Waals surface area (Å²) in [5, 5.41) is 15.9. The number of anilines is 1. The lowest BCUT2D eigenvalue weighted by atomic mass is 9.91. The van der Waals surface area contributed by atoms with Crippen LogP contribution in [0.4, 0.5) is 10.5 Å². The van der Waals surface area contributed by atoms with Gasteiger partial charge in [-0.2, -0.15) is 0 Å². The van der Waals surface area contributed by atoms with E-state index in [2.05, 4.69) is 10.6 Å². The number of aliphatic hydroxyl groups excluding tert-OH is 1. The molecule has 38 heavy (non-hydrogen) atoms. The van der Waals surface area contributed by atoms with E-state index in [1.165, 1.54) is 4.90 Å². The van der Waals surface area contributed by atoms with Gasteiger partial charge in [0.2, 0.25) is 5.91 Å². The fourth-order valence-corrected chi connectivity index (χ4v) is 4.26. The number of benzene rings is 2. The molecule has 2 unspecified atom stereocenters. The smallest absolute Gasteiger partial charge is 0.408 e. The standard InChI is InChI=1S/C29H40ClN3O5/c1-9-29(7,8)33(26(36)22(17-34)31-27(37)38-28(4,5)6)24(20-14-10-12-18(2)16-20)25(35)32-23-19(3)13-11-15-21(23)30/h10-16,22,24,34H,9,17H2,1-8H3,(H,31,37)(H,32,35). The fourth-order valence-electron chi connectivity index (χ4n) is 3.99. The van der Waals surface area contributed by atoms with E-state index in [4.69, 9.17) is 16.3 Å². The molecule has 3 N–H and O–H groups in total. The minimum absolute atomic E-state index is 0.369. The third-order valence-corrected chi connectivity index (χ3v) is 6.58. The van der Waals surface area contributed by atoms with Crippen molar-refractivity contribution in [1.29, 1.82) is 0 Å². The van der Waals surface area contributed by atoms with Crippen LogP contribution < -0.4 is 10.6 Å². The van der Waals surface area contributed by atoms with Gasteiger partial charge in [0.25, 0.3) is 5.91 Å². The van der Waals surface area contributed by atoms with Crippen molar-refractivity contribution >= 4 is 35.2 Å². The Hall–Kier alpha value is -3.10. The van der Waals surface area contributed by atoms with E-state index in [9.17, 15) is 19.5 Å². The van der Waals surface area contributed by atoms with E-state index in [0.717, 1.165) is 11.1 Å². The highest BCUT2D eigenvalue weighted by molar-refractivity contribution is 6.34. The SMILES string of the molecule is CCC(C)(C)N(C(=O)C(CO)NC(=O)OC(C)(C)C)C(C(=O)Nc1c(C)cccc1Cl)c1cccc(C)c1. The van der Waals surface area contributed by atoms with Crippen molar-refractivity contribution < 1.29 is 24.2 Å². The van der Waals surface area contributed by atoms with Gasteiger partial charge in [0.05, 0.1) is 17.3 Å². The average molecular weight is 546 g/mol. The number of ether oxygens (including phenoxy) is 1. The molecule has 0 aromatic heterocycles. The average Bonchev–Trinajstić information content (AvgIpc) is 2.81. The van der Waals surface area contributed by atoms with Crippen molar-refractivity contribution in [2.24, 2.45) is 0 Å². The van der Waals surface area contributed by atoms with Gasteiger partial charge in [-0.3, -0.25) is 9.59 Å². The maximum absolute atomic E-state index is 14.1. The first kappa shape index (κ1) is 31.1. The second-order valence-electron chi connectivity index (χ2n) is 11.0. The summed E-state index contributed by atoms with van der Waals surface area (Å²) in [7, 11) is 0. The number of carbonyl (C=O) groups is 3. The van der Waals surface area contributed by atoms with Crippen LogP contribution in [0.3, 0.4) is 0 Å². The van der Waals surface area contributed by atoms with Crippen LogP contribution in [-0.2, 0) is 14.3 Å². The first-order valence-corrected chi connectivity index (χ1v) is 13.0. The number of carbonyl (C=O) groups excluding carboxylic acids is 3. The molecule has 2 atom stereocenters. The van der Waals surface area contributed by atoms with Gasteiger partial charge in [-0.15, -0.1) is 0 Å². The predicted molar refractivity (Wildman–Crippen MR) is 150 cm³/mol. The van der Waals surface area contributed by atoms with Gasteiger partial charge in [0.15, 0.2) is 0 Å². The van der Waals surface area contributed by atoms with E-state index >= 15 is 0 Å². The Morgan fingerprint density at radius 1 is 1.05 bits per heavy atom. The maximum atomic E-state index is 14.1. The molecule has 8 nitrogen and oxygen atoms in total. The Bertz CT molecular complexity index is 1140. The van der Waals surface area contributed by atoms with Crippen LogP contribution in [0.15, 0.2) is 42.5 Å². The molecule has 0 aliphatic carbocycles. The Morgan fingerprint density at radius 2 is 1.68 bits per heavy atom. The van der Waals surface area contributed by atoms with Gasteiger partial charge in [-0.25, -0.2) is 4.79 Å². The number of nitrogens with one attached hydrogen (secondary N) is 2. The van der Waals surface area contributed by atoms with Gasteiger partial charge < -0.3 is 25.4 Å². The number of aryl methyl sites for hydroxylation is 2. The second-order valence-corrected chi connectivity index (χ2v) is 11.4. The first-order valence-electron chi connectivity index (χ1n) is 12.7. The molecule has 0 bridgehead atoms. The number of hydrogen-bond donors (Lipinski definition) is 3. The first-order chi connectivity index (χ1) is 17.6. The molecule has 0 heterocycles. The van der Waals surface area contributed by atoms with E-state index in [-0.39, 0.29) is 0 Å². The topological polar surface area (TPSA) is 108 Å². The molecule has 208 valence electrons. The number of alkyl carbamates (subject to hydrolysis) is 1. The number of halogens is 1.